The van der Waals surface area contributed by atoms with Gasteiger partial charge in [0.15, 0.2) is 18.2 Å². The van der Waals surface area contributed by atoms with Gasteiger partial charge in [-0.15, -0.1) is 0 Å². The first-order valence-corrected chi connectivity index (χ1v) is 7.25. The summed E-state index contributed by atoms with van der Waals surface area (Å²) in [5.74, 6) is -5.27. The average Bonchev–Trinajstić information content (AvgIpc) is 2.48. The van der Waals surface area contributed by atoms with Gasteiger partial charge in [0, 0.05) is 11.0 Å². The molecule has 2 rings (SSSR count). The third-order valence-electron chi connectivity index (χ3n) is 2.63. The van der Waals surface area contributed by atoms with E-state index in [2.05, 4.69) is 5.32 Å². The van der Waals surface area contributed by atoms with E-state index < -0.39 is 29.9 Å². The molecule has 0 bridgehead atoms. The van der Waals surface area contributed by atoms with Gasteiger partial charge in [-0.05, 0) is 24.3 Å². The summed E-state index contributed by atoms with van der Waals surface area (Å²) >= 11 is 0.295. The van der Waals surface area contributed by atoms with Gasteiger partial charge in [0.1, 0.15) is 5.82 Å². The lowest BCUT2D eigenvalue weighted by Gasteiger charge is -2.11. The molecule has 0 aromatic heterocycles. The molecule has 8 heteroatoms. The van der Waals surface area contributed by atoms with Crippen molar-refractivity contribution < 1.29 is 27.1 Å². The van der Waals surface area contributed by atoms with Crippen LogP contribution in [0.3, 0.4) is 0 Å². The van der Waals surface area contributed by atoms with E-state index in [9.17, 15) is 22.4 Å². The SMILES string of the molecule is O=C(COc1ccc(F)cc1F)Nc1ccccc1SC(F)F. The maximum absolute atomic E-state index is 13.4. The first-order valence-electron chi connectivity index (χ1n) is 6.37. The Bertz CT molecular complexity index is 697. The Morgan fingerprint density at radius 1 is 1.17 bits per heavy atom. The van der Waals surface area contributed by atoms with Crippen molar-refractivity contribution in [3.05, 3.63) is 54.1 Å². The number of carbonyl (C=O) groups is 1. The Hall–Kier alpha value is -2.22. The van der Waals surface area contributed by atoms with E-state index in [1.807, 2.05) is 0 Å². The number of nitrogens with one attached hydrogen (secondary N) is 1. The molecule has 23 heavy (non-hydrogen) atoms. The molecule has 0 aliphatic heterocycles. The Morgan fingerprint density at radius 2 is 1.91 bits per heavy atom. The van der Waals surface area contributed by atoms with E-state index in [4.69, 9.17) is 4.74 Å². The fourth-order valence-electron chi connectivity index (χ4n) is 1.69. The molecule has 0 radical (unpaired) electrons. The highest BCUT2D eigenvalue weighted by Crippen LogP contribution is 2.31. The van der Waals surface area contributed by atoms with Gasteiger partial charge in [0.2, 0.25) is 0 Å². The van der Waals surface area contributed by atoms with Crippen LogP contribution < -0.4 is 10.1 Å². The Labute approximate surface area is 133 Å². The van der Waals surface area contributed by atoms with Gasteiger partial charge >= 0.3 is 0 Å². The van der Waals surface area contributed by atoms with Crippen molar-refractivity contribution >= 4 is 23.4 Å². The van der Waals surface area contributed by atoms with Gasteiger partial charge in [-0.2, -0.15) is 8.78 Å². The summed E-state index contributed by atoms with van der Waals surface area (Å²) in [6, 6.07) is 8.70. The minimum Gasteiger partial charge on any atom is -0.481 e. The van der Waals surface area contributed by atoms with Crippen LogP contribution in [0.2, 0.25) is 0 Å². The maximum Gasteiger partial charge on any atom is 0.288 e. The summed E-state index contributed by atoms with van der Waals surface area (Å²) < 4.78 is 55.9. The molecule has 0 aliphatic carbocycles. The number of amides is 1. The summed E-state index contributed by atoms with van der Waals surface area (Å²) in [7, 11) is 0. The van der Waals surface area contributed by atoms with Crippen LogP contribution in [0.4, 0.5) is 23.2 Å². The Morgan fingerprint density at radius 3 is 2.61 bits per heavy atom. The van der Waals surface area contributed by atoms with Crippen molar-refractivity contribution in [1.29, 1.82) is 0 Å². The van der Waals surface area contributed by atoms with E-state index >= 15 is 0 Å². The van der Waals surface area contributed by atoms with E-state index in [0.29, 0.717) is 17.8 Å². The number of thioether (sulfide) groups is 1. The molecule has 1 N–H and O–H groups in total. The molecule has 0 aliphatic rings. The van der Waals surface area contributed by atoms with Crippen molar-refractivity contribution in [2.24, 2.45) is 0 Å². The second kappa shape index (κ2) is 7.87. The summed E-state index contributed by atoms with van der Waals surface area (Å²) in [5, 5.41) is 2.40. The predicted octanol–water partition coefficient (Wildman–Crippen LogP) is 4.30. The lowest BCUT2D eigenvalue weighted by Crippen LogP contribution is -2.20. The smallest absolute Gasteiger partial charge is 0.288 e. The highest BCUT2D eigenvalue weighted by atomic mass is 32.2. The van der Waals surface area contributed by atoms with E-state index in [0.717, 1.165) is 12.1 Å². The van der Waals surface area contributed by atoms with Crippen LogP contribution in [-0.2, 0) is 4.79 Å². The van der Waals surface area contributed by atoms with E-state index in [1.165, 1.54) is 12.1 Å². The number of hydrogen-bond acceptors (Lipinski definition) is 3. The number of ether oxygens (including phenoxy) is 1. The molecule has 122 valence electrons. The molecule has 0 atom stereocenters. The highest BCUT2D eigenvalue weighted by Gasteiger charge is 2.13. The molecule has 2 aromatic carbocycles. The molecule has 1 amide bonds. The predicted molar refractivity (Wildman–Crippen MR) is 78.8 cm³/mol. The second-order valence-corrected chi connectivity index (χ2v) is 5.32. The second-order valence-electron chi connectivity index (χ2n) is 4.29. The fourth-order valence-corrected chi connectivity index (χ4v) is 2.29. The largest absolute Gasteiger partial charge is 0.481 e. The molecule has 3 nitrogen and oxygen atoms in total. The fraction of sp³-hybridized carbons (Fsp3) is 0.133. The third kappa shape index (κ3) is 5.17. The summed E-state index contributed by atoms with van der Waals surface area (Å²) in [6.45, 7) is -0.545. The number of hydrogen-bond donors (Lipinski definition) is 1. The number of alkyl halides is 2. The van der Waals surface area contributed by atoms with Gasteiger partial charge in [-0.1, -0.05) is 23.9 Å². The molecule has 0 fully saturated rings. The average molecular weight is 345 g/mol. The topological polar surface area (TPSA) is 38.3 Å². The Kier molecular flexibility index (Phi) is 5.86. The molecule has 0 saturated heterocycles. The number of halogens is 4. The van der Waals surface area contributed by atoms with Crippen molar-refractivity contribution in [3.8, 4) is 5.75 Å². The van der Waals surface area contributed by atoms with Gasteiger partial charge in [0.25, 0.3) is 11.7 Å². The maximum atomic E-state index is 13.4. The number of anilines is 1. The minimum absolute atomic E-state index is 0.198. The lowest BCUT2D eigenvalue weighted by molar-refractivity contribution is -0.118. The number of rotatable bonds is 6. The van der Waals surface area contributed by atoms with Crippen LogP contribution >= 0.6 is 11.8 Å². The third-order valence-corrected chi connectivity index (χ3v) is 3.42. The zero-order valence-corrected chi connectivity index (χ0v) is 12.4. The lowest BCUT2D eigenvalue weighted by atomic mass is 10.3. The van der Waals surface area contributed by atoms with Crippen molar-refractivity contribution in [1.82, 2.24) is 0 Å². The minimum atomic E-state index is -2.63. The first kappa shape index (κ1) is 17.1. The van der Waals surface area contributed by atoms with Crippen LogP contribution in [0.1, 0.15) is 0 Å². The first-order chi connectivity index (χ1) is 11.0. The van der Waals surface area contributed by atoms with Crippen LogP contribution in [0.25, 0.3) is 0 Å². The van der Waals surface area contributed by atoms with E-state index in [1.54, 1.807) is 12.1 Å². The Balaban J connectivity index is 1.97. The van der Waals surface area contributed by atoms with Crippen molar-refractivity contribution in [2.45, 2.75) is 10.7 Å². The van der Waals surface area contributed by atoms with Gasteiger partial charge in [-0.25, -0.2) is 8.78 Å². The monoisotopic (exact) mass is 345 g/mol. The van der Waals surface area contributed by atoms with Crippen molar-refractivity contribution in [2.75, 3.05) is 11.9 Å². The number of para-hydroxylation sites is 1. The molecule has 0 spiro atoms. The zero-order chi connectivity index (χ0) is 16.8. The van der Waals surface area contributed by atoms with Gasteiger partial charge in [-0.3, -0.25) is 4.79 Å². The molecule has 0 heterocycles. The number of benzene rings is 2. The standard InChI is InChI=1S/C15H11F4NO2S/c16-9-5-6-12(10(17)7-9)22-8-14(21)20-11-3-1-2-4-13(11)23-15(18)19/h1-7,15H,8H2,(H,20,21). The van der Waals surface area contributed by atoms with Gasteiger partial charge < -0.3 is 10.1 Å². The molecule has 2 aromatic rings. The molecular formula is C15H11F4NO2S. The molecule has 0 saturated carbocycles. The highest BCUT2D eigenvalue weighted by molar-refractivity contribution is 7.99. The zero-order valence-electron chi connectivity index (χ0n) is 11.6. The quantitative estimate of drug-likeness (QED) is 0.627. The normalized spacial score (nSPS) is 10.7. The summed E-state index contributed by atoms with van der Waals surface area (Å²) in [6.07, 6.45) is 0. The van der Waals surface area contributed by atoms with Gasteiger partial charge in [0.05, 0.1) is 5.69 Å². The van der Waals surface area contributed by atoms with Crippen LogP contribution in [0.5, 0.6) is 5.75 Å². The van der Waals surface area contributed by atoms with Crippen LogP contribution in [-0.4, -0.2) is 18.3 Å². The summed E-state index contributed by atoms with van der Waals surface area (Å²) in [5.41, 5.74) is 0.200. The van der Waals surface area contributed by atoms with Crippen LogP contribution in [0, 0.1) is 11.6 Å². The molecular weight excluding hydrogens is 334 g/mol. The van der Waals surface area contributed by atoms with Crippen molar-refractivity contribution in [3.63, 3.8) is 0 Å². The summed E-state index contributed by atoms with van der Waals surface area (Å²) in [4.78, 5) is 12.0. The van der Waals surface area contributed by atoms with E-state index in [-0.39, 0.29) is 16.3 Å². The van der Waals surface area contributed by atoms with Crippen LogP contribution in [0.15, 0.2) is 47.4 Å². The number of carbonyl (C=O) groups excluding carboxylic acids is 1. The molecule has 0 unspecified atom stereocenters.